The first-order valence-electron chi connectivity index (χ1n) is 8.18. The number of aromatic nitrogens is 1. The maximum atomic E-state index is 12.1. The first kappa shape index (κ1) is 17.2. The van der Waals surface area contributed by atoms with Crippen molar-refractivity contribution in [1.29, 1.82) is 0 Å². The Kier molecular flexibility index (Phi) is 5.68. The molecule has 1 aromatic carbocycles. The summed E-state index contributed by atoms with van der Waals surface area (Å²) < 4.78 is 0.827. The number of carbonyl (C=O) groups excluding carboxylic acids is 1. The van der Waals surface area contributed by atoms with Gasteiger partial charge in [-0.05, 0) is 30.9 Å². The van der Waals surface area contributed by atoms with Gasteiger partial charge in [-0.25, -0.2) is 0 Å². The van der Waals surface area contributed by atoms with Crippen LogP contribution in [0.25, 0.3) is 10.9 Å². The molecule has 2 aromatic rings. The summed E-state index contributed by atoms with van der Waals surface area (Å²) in [6.07, 6.45) is 4.04. The largest absolute Gasteiger partial charge is 0.357 e. The second-order valence-electron chi connectivity index (χ2n) is 6.19. The quantitative estimate of drug-likeness (QED) is 0.842. The zero-order valence-corrected chi connectivity index (χ0v) is 15.3. The lowest BCUT2D eigenvalue weighted by Gasteiger charge is -2.31. The molecule has 1 fully saturated rings. The number of fused-ring (bicyclic) bond motifs is 1. The predicted octanol–water partition coefficient (Wildman–Crippen LogP) is 3.92. The number of carbonyl (C=O) groups is 1. The number of anilines is 1. The third-order valence-electron chi connectivity index (χ3n) is 4.24. The number of para-hydroxylation sites is 1. The molecular formula is C18H21N3OS2. The van der Waals surface area contributed by atoms with Crippen molar-refractivity contribution in [1.82, 2.24) is 9.88 Å². The second kappa shape index (κ2) is 7.94. The van der Waals surface area contributed by atoms with Crippen molar-refractivity contribution in [3.63, 3.8) is 0 Å². The van der Waals surface area contributed by atoms with E-state index in [1.165, 1.54) is 24.6 Å². The number of pyridine rings is 1. The molecule has 0 spiro atoms. The Morgan fingerprint density at radius 2 is 2.12 bits per heavy atom. The molecule has 1 amide bonds. The van der Waals surface area contributed by atoms with Crippen molar-refractivity contribution >= 4 is 50.8 Å². The Hall–Kier alpha value is -1.66. The van der Waals surface area contributed by atoms with Gasteiger partial charge in [0.05, 0.1) is 23.2 Å². The fourth-order valence-corrected chi connectivity index (χ4v) is 3.80. The van der Waals surface area contributed by atoms with Crippen LogP contribution in [0.3, 0.4) is 0 Å². The van der Waals surface area contributed by atoms with Crippen LogP contribution < -0.4 is 5.32 Å². The van der Waals surface area contributed by atoms with Gasteiger partial charge in [-0.3, -0.25) is 9.78 Å². The molecule has 0 aliphatic carbocycles. The highest BCUT2D eigenvalue weighted by molar-refractivity contribution is 8.23. The number of nitrogens with one attached hydrogen (secondary N) is 1. The van der Waals surface area contributed by atoms with E-state index in [-0.39, 0.29) is 5.91 Å². The van der Waals surface area contributed by atoms with Crippen molar-refractivity contribution in [2.45, 2.75) is 19.8 Å². The van der Waals surface area contributed by atoms with Crippen molar-refractivity contribution in [3.8, 4) is 0 Å². The summed E-state index contributed by atoms with van der Waals surface area (Å²) in [6.45, 7) is 4.28. The summed E-state index contributed by atoms with van der Waals surface area (Å²) in [5.74, 6) is 1.06. The Bertz CT molecular complexity index is 742. The lowest BCUT2D eigenvalue weighted by Crippen LogP contribution is -2.36. The molecule has 1 aliphatic rings. The van der Waals surface area contributed by atoms with E-state index in [1.54, 1.807) is 6.20 Å². The molecule has 2 heterocycles. The number of thioether (sulfide) groups is 1. The molecular weight excluding hydrogens is 338 g/mol. The summed E-state index contributed by atoms with van der Waals surface area (Å²) >= 11 is 6.90. The molecule has 1 N–H and O–H groups in total. The Morgan fingerprint density at radius 1 is 1.38 bits per heavy atom. The molecule has 1 aliphatic heterocycles. The van der Waals surface area contributed by atoms with Crippen LogP contribution in [0.5, 0.6) is 0 Å². The number of thiocarbonyl (C=S) groups is 1. The van der Waals surface area contributed by atoms with E-state index in [0.717, 1.165) is 39.9 Å². The minimum absolute atomic E-state index is 0.0511. The zero-order valence-electron chi connectivity index (χ0n) is 13.7. The number of hydrogen-bond acceptors (Lipinski definition) is 4. The van der Waals surface area contributed by atoms with E-state index in [0.29, 0.717) is 5.75 Å². The molecule has 126 valence electrons. The molecule has 0 unspecified atom stereocenters. The van der Waals surface area contributed by atoms with Crippen LogP contribution in [0, 0.1) is 5.92 Å². The maximum absolute atomic E-state index is 12.1. The molecule has 0 saturated carbocycles. The molecule has 24 heavy (non-hydrogen) atoms. The van der Waals surface area contributed by atoms with Crippen LogP contribution in [0.15, 0.2) is 36.5 Å². The second-order valence-corrected chi connectivity index (χ2v) is 7.80. The van der Waals surface area contributed by atoms with Gasteiger partial charge >= 0.3 is 0 Å². The van der Waals surface area contributed by atoms with Crippen LogP contribution in [0.2, 0.25) is 0 Å². The standard InChI is InChI=1S/C18H21N3OS2/c1-13-6-8-21(9-7-13)18(23)24-12-17(22)20-15-10-14-4-2-3-5-16(14)19-11-15/h2-5,10-11,13H,6-9,12H2,1H3,(H,20,22). The van der Waals surface area contributed by atoms with E-state index < -0.39 is 0 Å². The predicted molar refractivity (Wildman–Crippen MR) is 105 cm³/mol. The van der Waals surface area contributed by atoms with Crippen molar-refractivity contribution < 1.29 is 4.79 Å². The molecule has 0 radical (unpaired) electrons. The zero-order chi connectivity index (χ0) is 16.9. The SMILES string of the molecule is CC1CCN(C(=S)SCC(=O)Nc2cnc3ccccc3c2)CC1. The summed E-state index contributed by atoms with van der Waals surface area (Å²) in [7, 11) is 0. The van der Waals surface area contributed by atoms with E-state index in [2.05, 4.69) is 22.1 Å². The first-order chi connectivity index (χ1) is 11.6. The summed E-state index contributed by atoms with van der Waals surface area (Å²) in [5.41, 5.74) is 1.64. The number of hydrogen-bond donors (Lipinski definition) is 1. The molecule has 4 nitrogen and oxygen atoms in total. The van der Waals surface area contributed by atoms with Crippen LogP contribution in [-0.4, -0.2) is 39.0 Å². The van der Waals surface area contributed by atoms with Crippen molar-refractivity contribution in [2.24, 2.45) is 5.92 Å². The van der Waals surface area contributed by atoms with Crippen LogP contribution in [0.1, 0.15) is 19.8 Å². The van der Waals surface area contributed by atoms with Crippen LogP contribution in [0.4, 0.5) is 5.69 Å². The molecule has 0 atom stereocenters. The van der Waals surface area contributed by atoms with E-state index in [1.807, 2.05) is 30.3 Å². The monoisotopic (exact) mass is 359 g/mol. The first-order valence-corrected chi connectivity index (χ1v) is 9.57. The van der Waals surface area contributed by atoms with Gasteiger partial charge in [-0.2, -0.15) is 0 Å². The number of benzene rings is 1. The lowest BCUT2D eigenvalue weighted by molar-refractivity contribution is -0.113. The Morgan fingerprint density at radius 3 is 2.92 bits per heavy atom. The van der Waals surface area contributed by atoms with Gasteiger partial charge in [0.2, 0.25) is 5.91 Å². The maximum Gasteiger partial charge on any atom is 0.234 e. The normalized spacial score (nSPS) is 15.5. The fourth-order valence-electron chi connectivity index (χ4n) is 2.75. The summed E-state index contributed by atoms with van der Waals surface area (Å²) in [4.78, 5) is 18.7. The minimum atomic E-state index is -0.0511. The van der Waals surface area contributed by atoms with Gasteiger partial charge in [0.15, 0.2) is 0 Å². The Balaban J connectivity index is 1.50. The minimum Gasteiger partial charge on any atom is -0.357 e. The van der Waals surface area contributed by atoms with Gasteiger partial charge in [0, 0.05) is 18.5 Å². The topological polar surface area (TPSA) is 45.2 Å². The molecule has 1 saturated heterocycles. The molecule has 0 bridgehead atoms. The van der Waals surface area contributed by atoms with E-state index in [9.17, 15) is 4.79 Å². The van der Waals surface area contributed by atoms with Gasteiger partial charge in [0.1, 0.15) is 4.32 Å². The van der Waals surface area contributed by atoms with Gasteiger partial charge in [0.25, 0.3) is 0 Å². The van der Waals surface area contributed by atoms with Gasteiger partial charge in [-0.15, -0.1) is 0 Å². The third kappa shape index (κ3) is 4.45. The summed E-state index contributed by atoms with van der Waals surface area (Å²) in [5, 5.41) is 3.91. The van der Waals surface area contributed by atoms with E-state index >= 15 is 0 Å². The lowest BCUT2D eigenvalue weighted by atomic mass is 10.00. The number of rotatable bonds is 3. The highest BCUT2D eigenvalue weighted by Crippen LogP contribution is 2.21. The van der Waals surface area contributed by atoms with Gasteiger partial charge in [-0.1, -0.05) is 49.1 Å². The molecule has 3 rings (SSSR count). The average Bonchev–Trinajstić information content (AvgIpc) is 2.60. The number of likely N-dealkylation sites (tertiary alicyclic amines) is 1. The fraction of sp³-hybridized carbons (Fsp3) is 0.389. The van der Waals surface area contributed by atoms with Gasteiger partial charge < -0.3 is 10.2 Å². The molecule has 1 aromatic heterocycles. The summed E-state index contributed by atoms with van der Waals surface area (Å²) in [6, 6.07) is 9.79. The number of piperidine rings is 1. The Labute approximate surface area is 152 Å². The number of nitrogens with zero attached hydrogens (tertiary/aromatic N) is 2. The third-order valence-corrected chi connectivity index (χ3v) is 5.77. The smallest absolute Gasteiger partial charge is 0.234 e. The van der Waals surface area contributed by atoms with Crippen molar-refractivity contribution in [3.05, 3.63) is 36.5 Å². The highest BCUT2D eigenvalue weighted by Gasteiger charge is 2.18. The average molecular weight is 360 g/mol. The van der Waals surface area contributed by atoms with E-state index in [4.69, 9.17) is 12.2 Å². The van der Waals surface area contributed by atoms with Crippen LogP contribution in [-0.2, 0) is 4.79 Å². The number of amides is 1. The highest BCUT2D eigenvalue weighted by atomic mass is 32.2. The molecule has 6 heteroatoms. The van der Waals surface area contributed by atoms with Crippen molar-refractivity contribution in [2.75, 3.05) is 24.2 Å². The van der Waals surface area contributed by atoms with Crippen LogP contribution >= 0.6 is 24.0 Å².